The Labute approximate surface area is 188 Å². The molecular weight excluding hydrogens is 402 g/mol. The van der Waals surface area contributed by atoms with Gasteiger partial charge in [0.25, 0.3) is 0 Å². The molecule has 168 valence electrons. The summed E-state index contributed by atoms with van der Waals surface area (Å²) in [6.45, 7) is 9.14. The zero-order valence-corrected chi connectivity index (χ0v) is 18.7. The first-order chi connectivity index (χ1) is 15.7. The van der Waals surface area contributed by atoms with E-state index in [9.17, 15) is 4.79 Å². The van der Waals surface area contributed by atoms with E-state index in [1.54, 1.807) is 19.3 Å². The Morgan fingerprint density at radius 2 is 1.78 bits per heavy atom. The van der Waals surface area contributed by atoms with E-state index < -0.39 is 0 Å². The van der Waals surface area contributed by atoms with Crippen LogP contribution in [0.15, 0.2) is 42.9 Å². The van der Waals surface area contributed by atoms with Crippen molar-refractivity contribution < 1.29 is 4.79 Å². The van der Waals surface area contributed by atoms with E-state index in [2.05, 4.69) is 48.8 Å². The molecule has 8 nitrogen and oxygen atoms in total. The Balaban J connectivity index is 1.30. The molecule has 0 spiro atoms. The number of nitrogens with one attached hydrogen (secondary N) is 1. The summed E-state index contributed by atoms with van der Waals surface area (Å²) in [5, 5.41) is 3.63. The average Bonchev–Trinajstić information content (AvgIpc) is 3.48. The van der Waals surface area contributed by atoms with E-state index in [0.29, 0.717) is 0 Å². The zero-order valence-electron chi connectivity index (χ0n) is 18.7. The van der Waals surface area contributed by atoms with Crippen LogP contribution in [0.5, 0.6) is 0 Å². The van der Waals surface area contributed by atoms with Crippen molar-refractivity contribution in [1.82, 2.24) is 24.2 Å². The number of hydrogen-bond acceptors (Lipinski definition) is 6. The number of carbonyl (C=O) groups excluding carboxylic acids is 1. The van der Waals surface area contributed by atoms with Gasteiger partial charge in [0.15, 0.2) is 5.65 Å². The van der Waals surface area contributed by atoms with Gasteiger partial charge in [0.05, 0.1) is 6.20 Å². The lowest BCUT2D eigenvalue weighted by Crippen LogP contribution is -2.49. The van der Waals surface area contributed by atoms with Crippen LogP contribution in [0.3, 0.4) is 0 Å². The van der Waals surface area contributed by atoms with Crippen molar-refractivity contribution in [3.05, 3.63) is 42.9 Å². The number of hydrogen-bond donors (Lipinski definition) is 1. The highest BCUT2D eigenvalue weighted by atomic mass is 16.2. The van der Waals surface area contributed by atoms with Gasteiger partial charge in [-0.1, -0.05) is 12.1 Å². The Morgan fingerprint density at radius 1 is 1.03 bits per heavy atom. The first kappa shape index (κ1) is 20.8. The highest BCUT2D eigenvalue weighted by Gasteiger charge is 2.19. The molecule has 3 aromatic rings. The van der Waals surface area contributed by atoms with Crippen LogP contribution in [0.25, 0.3) is 16.9 Å². The number of nitrogens with zero attached hydrogens (tertiary/aromatic N) is 6. The molecular formula is C24H31N7O. The second kappa shape index (κ2) is 9.16. The minimum atomic E-state index is 0.169. The van der Waals surface area contributed by atoms with Crippen LogP contribution in [0.1, 0.15) is 19.8 Å². The van der Waals surface area contributed by atoms with Crippen LogP contribution < -0.4 is 10.2 Å². The minimum Gasteiger partial charge on any atom is -0.372 e. The number of rotatable bonds is 6. The fraction of sp³-hybridized carbons (Fsp3) is 0.458. The third kappa shape index (κ3) is 4.27. The average molecular weight is 434 g/mol. The van der Waals surface area contributed by atoms with Gasteiger partial charge in [-0.2, -0.15) is 0 Å². The van der Waals surface area contributed by atoms with Crippen molar-refractivity contribution in [2.75, 3.05) is 62.6 Å². The van der Waals surface area contributed by atoms with Crippen LogP contribution in [0.2, 0.25) is 0 Å². The summed E-state index contributed by atoms with van der Waals surface area (Å²) in [6, 6.07) is 8.77. The summed E-state index contributed by atoms with van der Waals surface area (Å²) in [5.41, 5.74) is 4.18. The highest BCUT2D eigenvalue weighted by molar-refractivity contribution is 5.77. The summed E-state index contributed by atoms with van der Waals surface area (Å²) in [6.07, 6.45) is 8.10. The molecule has 2 saturated heterocycles. The van der Waals surface area contributed by atoms with Crippen LogP contribution in [-0.2, 0) is 4.79 Å². The molecule has 1 aromatic carbocycles. The predicted molar refractivity (Wildman–Crippen MR) is 127 cm³/mol. The molecule has 0 aliphatic carbocycles. The quantitative estimate of drug-likeness (QED) is 0.645. The van der Waals surface area contributed by atoms with Gasteiger partial charge in [0.2, 0.25) is 5.91 Å². The molecule has 2 aliphatic rings. The first-order valence-corrected chi connectivity index (χ1v) is 11.6. The van der Waals surface area contributed by atoms with Gasteiger partial charge in [-0.05, 0) is 25.0 Å². The first-order valence-electron chi connectivity index (χ1n) is 11.6. The van der Waals surface area contributed by atoms with Crippen molar-refractivity contribution in [3.8, 4) is 11.3 Å². The van der Waals surface area contributed by atoms with Crippen LogP contribution in [0, 0.1) is 0 Å². The molecule has 0 radical (unpaired) electrons. The van der Waals surface area contributed by atoms with E-state index in [-0.39, 0.29) is 5.91 Å². The lowest BCUT2D eigenvalue weighted by Gasteiger charge is -2.34. The SMILES string of the molecule is CC(=O)N1CCN(CCNc2c(-c3ccc(N4CCCC4)cc3)nc3cnccn23)CC1. The minimum absolute atomic E-state index is 0.169. The number of carbonyl (C=O) groups is 1. The standard InChI is InChI=1S/C24H31N7O/c1-19(32)29-16-14-28(15-17-29)12-9-26-24-23(27-22-18-25-8-13-31(22)24)20-4-6-21(7-5-20)30-10-2-3-11-30/h4-8,13,18,26H,2-3,9-12,14-17H2,1H3. The van der Waals surface area contributed by atoms with E-state index in [0.717, 1.165) is 75.1 Å². The molecule has 2 fully saturated rings. The Morgan fingerprint density at radius 3 is 2.50 bits per heavy atom. The van der Waals surface area contributed by atoms with Gasteiger partial charge >= 0.3 is 0 Å². The maximum absolute atomic E-state index is 11.5. The molecule has 0 bridgehead atoms. The predicted octanol–water partition coefficient (Wildman–Crippen LogP) is 2.57. The molecule has 8 heteroatoms. The largest absolute Gasteiger partial charge is 0.372 e. The lowest BCUT2D eigenvalue weighted by molar-refractivity contribution is -0.130. The molecule has 0 saturated carbocycles. The Kier molecular flexibility index (Phi) is 5.94. The molecule has 1 N–H and O–H groups in total. The van der Waals surface area contributed by atoms with Crippen LogP contribution in [-0.4, -0.2) is 82.4 Å². The number of imidazole rings is 1. The van der Waals surface area contributed by atoms with Gasteiger partial charge in [0.1, 0.15) is 11.5 Å². The molecule has 1 amide bonds. The van der Waals surface area contributed by atoms with Crippen molar-refractivity contribution in [2.24, 2.45) is 0 Å². The van der Waals surface area contributed by atoms with Gasteiger partial charge in [-0.15, -0.1) is 0 Å². The molecule has 2 aliphatic heterocycles. The van der Waals surface area contributed by atoms with Crippen molar-refractivity contribution in [3.63, 3.8) is 0 Å². The number of aromatic nitrogens is 3. The van der Waals surface area contributed by atoms with E-state index in [1.807, 2.05) is 11.1 Å². The fourth-order valence-electron chi connectivity index (χ4n) is 4.70. The second-order valence-corrected chi connectivity index (χ2v) is 8.63. The molecule has 5 rings (SSSR count). The number of benzene rings is 1. The monoisotopic (exact) mass is 433 g/mol. The summed E-state index contributed by atoms with van der Waals surface area (Å²) in [4.78, 5) is 27.4. The summed E-state index contributed by atoms with van der Waals surface area (Å²) in [5.74, 6) is 1.17. The van der Waals surface area contributed by atoms with Gasteiger partial charge in [-0.3, -0.25) is 19.1 Å². The maximum Gasteiger partial charge on any atom is 0.219 e. The molecule has 0 atom stereocenters. The normalized spacial score (nSPS) is 17.3. The van der Waals surface area contributed by atoms with E-state index in [4.69, 9.17) is 4.98 Å². The van der Waals surface area contributed by atoms with Gasteiger partial charge in [0, 0.05) is 82.9 Å². The van der Waals surface area contributed by atoms with Gasteiger partial charge in [-0.25, -0.2) is 4.98 Å². The lowest BCUT2D eigenvalue weighted by atomic mass is 10.1. The summed E-state index contributed by atoms with van der Waals surface area (Å²) < 4.78 is 2.07. The van der Waals surface area contributed by atoms with Crippen molar-refractivity contribution in [2.45, 2.75) is 19.8 Å². The second-order valence-electron chi connectivity index (χ2n) is 8.63. The Hall–Kier alpha value is -3.13. The number of anilines is 2. The van der Waals surface area contributed by atoms with Crippen LogP contribution >= 0.6 is 0 Å². The van der Waals surface area contributed by atoms with Gasteiger partial charge < -0.3 is 15.1 Å². The molecule has 2 aromatic heterocycles. The third-order valence-corrected chi connectivity index (χ3v) is 6.58. The highest BCUT2D eigenvalue weighted by Crippen LogP contribution is 2.30. The maximum atomic E-state index is 11.5. The van der Waals surface area contributed by atoms with Crippen molar-refractivity contribution in [1.29, 1.82) is 0 Å². The van der Waals surface area contributed by atoms with Crippen molar-refractivity contribution >= 4 is 23.1 Å². The molecule has 4 heterocycles. The molecule has 32 heavy (non-hydrogen) atoms. The van der Waals surface area contributed by atoms with E-state index in [1.165, 1.54) is 18.5 Å². The molecule has 0 unspecified atom stereocenters. The topological polar surface area (TPSA) is 69.0 Å². The number of fused-ring (bicyclic) bond motifs is 1. The number of amides is 1. The third-order valence-electron chi connectivity index (χ3n) is 6.58. The smallest absolute Gasteiger partial charge is 0.219 e. The zero-order chi connectivity index (χ0) is 21.9. The summed E-state index contributed by atoms with van der Waals surface area (Å²) in [7, 11) is 0. The Bertz CT molecular complexity index is 1060. The number of piperazine rings is 1. The van der Waals surface area contributed by atoms with Crippen LogP contribution in [0.4, 0.5) is 11.5 Å². The fourth-order valence-corrected chi connectivity index (χ4v) is 4.70. The summed E-state index contributed by atoms with van der Waals surface area (Å²) >= 11 is 0. The van der Waals surface area contributed by atoms with E-state index >= 15 is 0 Å².